The van der Waals surface area contributed by atoms with Crippen LogP contribution in [0, 0.1) is 0 Å². The number of carbonyl (C=O) groups is 6. The van der Waals surface area contributed by atoms with Crippen molar-refractivity contribution < 1.29 is 122 Å². The molecule has 2 aromatic heterocycles. The summed E-state index contributed by atoms with van der Waals surface area (Å²) in [5, 5.41) is 30.9. The lowest BCUT2D eigenvalue weighted by molar-refractivity contribution is -0.461. The lowest BCUT2D eigenvalue weighted by Gasteiger charge is -2.42. The molecular weight excluding hydrogens is 1330 g/mol. The quantitative estimate of drug-likeness (QED) is 0.0220. The fourth-order valence-corrected chi connectivity index (χ4v) is 11.7. The van der Waals surface area contributed by atoms with Crippen LogP contribution in [0.25, 0.3) is 0 Å². The smallest absolute Gasteiger partial charge is 0.377 e. The van der Waals surface area contributed by atoms with Crippen molar-refractivity contribution in [1.29, 1.82) is 0 Å². The summed E-state index contributed by atoms with van der Waals surface area (Å²) < 4.78 is 268. The Morgan fingerprint density at radius 1 is 0.707 bits per heavy atom. The second-order valence-electron chi connectivity index (χ2n) is 21.6. The van der Waals surface area contributed by atoms with Gasteiger partial charge in [-0.25, -0.2) is 13.9 Å². The molecule has 6 amide bonds. The second kappa shape index (κ2) is 32.7. The van der Waals surface area contributed by atoms with E-state index in [1.165, 1.54) is 4.68 Å². The molecular formula is C51H68F18N12O9S2. The molecule has 92 heavy (non-hydrogen) atoms. The number of aryl methyl sites for hydroxylation is 1. The number of fused-ring (bicyclic) bond motifs is 2. The summed E-state index contributed by atoms with van der Waals surface area (Å²) in [6.45, 7) is 1.24. The van der Waals surface area contributed by atoms with E-state index in [1.54, 1.807) is 0 Å². The molecule has 6 N–H and O–H groups in total. The first kappa shape index (κ1) is 77.1. The molecule has 0 saturated carbocycles. The lowest BCUT2D eigenvalue weighted by Crippen LogP contribution is -2.74. The minimum atomic E-state index is -8.75. The van der Waals surface area contributed by atoms with Gasteiger partial charge >= 0.3 is 53.7 Å². The van der Waals surface area contributed by atoms with Crippen LogP contribution in [0.1, 0.15) is 107 Å². The Labute approximate surface area is 521 Å². The van der Waals surface area contributed by atoms with Gasteiger partial charge in [0.25, 0.3) is 5.91 Å². The number of carbonyl (C=O) groups excluding carboxylic acids is 6. The van der Waals surface area contributed by atoms with Crippen molar-refractivity contribution in [3.63, 3.8) is 0 Å². The van der Waals surface area contributed by atoms with Crippen LogP contribution in [-0.2, 0) is 69.9 Å². The summed E-state index contributed by atoms with van der Waals surface area (Å²) in [5.41, 5.74) is -2.64. The third-order valence-corrected chi connectivity index (χ3v) is 17.1. The Morgan fingerprint density at radius 3 is 2.01 bits per heavy atom. The highest BCUT2D eigenvalue weighted by Gasteiger charge is 2.95. The normalized spacial score (nSPS) is 19.7. The number of ether oxygens (including phenoxy) is 3. The summed E-state index contributed by atoms with van der Waals surface area (Å²) >= 11 is 2.41. The van der Waals surface area contributed by atoms with Crippen LogP contribution >= 0.6 is 23.5 Å². The third kappa shape index (κ3) is 18.9. The Bertz CT molecular complexity index is 2790. The Kier molecular flexibility index (Phi) is 27.4. The standard InChI is InChI=1S/C51H68F18N12O9S2/c1-30(82)91-29-37(84)73-32(40(85)72-26-31-27-80(78-76-31)18-9-15-44(53,54)45(55,56)46(57,58)47(59,60)48(61,62)49(63,64)50(65,66)51(67,68)69)10-6-8-16-71-41(86)43(52)14-7-2-3-11-34-39(43)77-79-81(34)19-21-89-23-25-90-24-22-88-20-17-70-36(83)13-5-4-12-35-38-33(28-92-35)74-42(87)75-38/h27,32-33,35,38H,2-26,28-29H2,1H3,(H,70,83)(H,71,86)(H,72,85)(H,73,84)(H2,74,75,87)/t32-,33+,35+,38+,43?/m0/s1. The van der Waals surface area contributed by atoms with Crippen molar-refractivity contribution in [2.75, 3.05) is 64.2 Å². The zero-order chi connectivity index (χ0) is 68.6. The molecule has 4 heterocycles. The van der Waals surface area contributed by atoms with E-state index in [-0.39, 0.29) is 107 Å². The molecule has 21 nitrogen and oxygen atoms in total. The molecule has 1 aliphatic carbocycles. The third-order valence-electron chi connectivity index (χ3n) is 14.8. The summed E-state index contributed by atoms with van der Waals surface area (Å²) in [6, 6.07) is -1.22. The molecule has 2 aromatic rings. The molecule has 524 valence electrons. The van der Waals surface area contributed by atoms with Gasteiger partial charge in [-0.3, -0.25) is 28.7 Å². The average molecular weight is 1400 g/mol. The summed E-state index contributed by atoms with van der Waals surface area (Å²) in [7, 11) is 0. The van der Waals surface area contributed by atoms with Crippen LogP contribution < -0.4 is 31.9 Å². The van der Waals surface area contributed by atoms with E-state index in [9.17, 15) is 103 Å². The van der Waals surface area contributed by atoms with Gasteiger partial charge in [0.1, 0.15) is 17.4 Å². The molecule has 5 rings (SSSR count). The highest BCUT2D eigenvalue weighted by atomic mass is 32.2. The highest BCUT2D eigenvalue weighted by Crippen LogP contribution is 2.64. The fourth-order valence-electron chi connectivity index (χ4n) is 9.70. The number of hydrogen-bond acceptors (Lipinski definition) is 15. The van der Waals surface area contributed by atoms with Gasteiger partial charge < -0.3 is 46.1 Å². The van der Waals surface area contributed by atoms with Gasteiger partial charge in [0.05, 0.1) is 82.5 Å². The van der Waals surface area contributed by atoms with E-state index in [0.717, 1.165) is 38.1 Å². The van der Waals surface area contributed by atoms with Gasteiger partial charge in [-0.15, -0.1) is 10.2 Å². The molecule has 41 heteroatoms. The van der Waals surface area contributed by atoms with E-state index in [1.807, 2.05) is 11.8 Å². The number of thioether (sulfide) groups is 2. The van der Waals surface area contributed by atoms with Crippen molar-refractivity contribution in [2.45, 2.75) is 193 Å². The lowest BCUT2D eigenvalue weighted by atomic mass is 9.88. The van der Waals surface area contributed by atoms with Crippen molar-refractivity contribution >= 4 is 58.3 Å². The van der Waals surface area contributed by atoms with Crippen LogP contribution in [0.2, 0.25) is 0 Å². The summed E-state index contributed by atoms with van der Waals surface area (Å²) in [5.74, 6) is -59.6. The van der Waals surface area contributed by atoms with Crippen molar-refractivity contribution in [3.8, 4) is 0 Å². The molecule has 2 fully saturated rings. The van der Waals surface area contributed by atoms with Gasteiger partial charge in [-0.2, -0.15) is 86.4 Å². The van der Waals surface area contributed by atoms with Gasteiger partial charge in [-0.05, 0) is 64.2 Å². The van der Waals surface area contributed by atoms with E-state index in [0.29, 0.717) is 72.6 Å². The predicted molar refractivity (Wildman–Crippen MR) is 288 cm³/mol. The van der Waals surface area contributed by atoms with Crippen LogP contribution in [0.15, 0.2) is 6.20 Å². The maximum absolute atomic E-state index is 16.9. The number of rotatable bonds is 39. The Hall–Kier alpha value is -5.58. The van der Waals surface area contributed by atoms with Crippen molar-refractivity contribution in [3.05, 3.63) is 23.3 Å². The average Bonchev–Trinajstić information content (AvgIpc) is 0.800. The number of aromatic nitrogens is 6. The molecule has 1 unspecified atom stereocenters. The first-order valence-corrected chi connectivity index (χ1v) is 30.8. The molecule has 0 radical (unpaired) electrons. The Morgan fingerprint density at radius 2 is 1.35 bits per heavy atom. The van der Waals surface area contributed by atoms with Gasteiger partial charge in [-0.1, -0.05) is 35.0 Å². The molecule has 2 aliphatic heterocycles. The van der Waals surface area contributed by atoms with Crippen LogP contribution in [0.4, 0.5) is 83.8 Å². The first-order chi connectivity index (χ1) is 42.9. The van der Waals surface area contributed by atoms with Gasteiger partial charge in [0.15, 0.2) is 5.12 Å². The number of nitrogens with zero attached hydrogens (tertiary/aromatic N) is 6. The van der Waals surface area contributed by atoms with E-state index in [2.05, 4.69) is 52.5 Å². The maximum atomic E-state index is 16.9. The minimum absolute atomic E-state index is 0.0667. The van der Waals surface area contributed by atoms with Gasteiger partial charge in [0.2, 0.25) is 23.4 Å². The fraction of sp³-hybridized carbons (Fsp3) is 0.804. The van der Waals surface area contributed by atoms with Crippen LogP contribution in [-0.4, -0.2) is 200 Å². The number of amides is 6. The monoisotopic (exact) mass is 1400 g/mol. The minimum Gasteiger partial charge on any atom is -0.377 e. The Balaban J connectivity index is 1.02. The largest absolute Gasteiger partial charge is 0.460 e. The molecule has 3 aliphatic rings. The number of alkyl halides is 18. The topological polar surface area (TPSA) is 264 Å². The SMILES string of the molecule is CC(=O)SCC(=O)N[C@@H](CCCCNC(=O)C1(F)CCCCCc2c1nnn2CCOCCOCCOCCNC(=O)CCCC[C@H]1SC[C@H]2NC(=O)N[C@H]21)C(=O)NCc1cn(CCCC(F)(F)C(F)(F)C(F)(F)C(F)(F)C(F)(F)C(F)(F)C(F)(F)C(F)(F)F)nn1. The highest BCUT2D eigenvalue weighted by molar-refractivity contribution is 8.14. The van der Waals surface area contributed by atoms with Crippen LogP contribution in [0.5, 0.6) is 0 Å². The van der Waals surface area contributed by atoms with E-state index in [4.69, 9.17) is 14.2 Å². The molecule has 0 spiro atoms. The number of nitrogens with one attached hydrogen (secondary N) is 6. The molecule has 2 saturated heterocycles. The maximum Gasteiger partial charge on any atom is 0.460 e. The van der Waals surface area contributed by atoms with E-state index < -0.39 is 114 Å². The zero-order valence-corrected chi connectivity index (χ0v) is 50.6. The zero-order valence-electron chi connectivity index (χ0n) is 49.0. The number of halogens is 18. The number of hydrogen-bond donors (Lipinski definition) is 6. The molecule has 0 bridgehead atoms. The number of urea groups is 1. The van der Waals surface area contributed by atoms with Crippen molar-refractivity contribution in [1.82, 2.24) is 61.9 Å². The summed E-state index contributed by atoms with van der Waals surface area (Å²) in [6.07, 6.45) is -6.69. The van der Waals surface area contributed by atoms with Gasteiger partial charge in [0, 0.05) is 50.4 Å². The van der Waals surface area contributed by atoms with Crippen molar-refractivity contribution in [2.24, 2.45) is 0 Å². The van der Waals surface area contributed by atoms with Crippen LogP contribution in [0.3, 0.4) is 0 Å². The second-order valence-corrected chi connectivity index (χ2v) is 24.0. The molecule has 5 atom stereocenters. The summed E-state index contributed by atoms with van der Waals surface area (Å²) in [4.78, 5) is 74.8. The predicted octanol–water partition coefficient (Wildman–Crippen LogP) is 7.20. The molecule has 0 aromatic carbocycles. The van der Waals surface area contributed by atoms with E-state index >= 15 is 4.39 Å². The number of unbranched alkanes of at least 4 members (excludes halogenated alkanes) is 2. The first-order valence-electron chi connectivity index (χ1n) is 28.8.